The minimum Gasteiger partial charge on any atom is -0.463 e. The highest BCUT2D eigenvalue weighted by atomic mass is 16.5. The predicted molar refractivity (Wildman–Crippen MR) is 58.3 cm³/mol. The van der Waals surface area contributed by atoms with Crippen LogP contribution in [-0.4, -0.2) is 24.3 Å². The van der Waals surface area contributed by atoms with Crippen LogP contribution in [0.25, 0.3) is 0 Å². The van der Waals surface area contributed by atoms with Crippen LogP contribution in [0.4, 0.5) is 0 Å². The van der Waals surface area contributed by atoms with E-state index in [-0.39, 0.29) is 30.5 Å². The Labute approximate surface area is 91.8 Å². The Morgan fingerprint density at radius 1 is 1.40 bits per heavy atom. The number of carbonyl (C=O) groups excluding carboxylic acids is 1. The lowest BCUT2D eigenvalue weighted by Gasteiger charge is -2.31. The molecule has 0 aromatic rings. The van der Waals surface area contributed by atoms with Crippen LogP contribution < -0.4 is 0 Å². The zero-order valence-electron chi connectivity index (χ0n) is 9.95. The number of ether oxygens (including phenoxy) is 1. The molecular formula is C12H22O3. The highest BCUT2D eigenvalue weighted by Gasteiger charge is 2.40. The van der Waals surface area contributed by atoms with Gasteiger partial charge in [0.25, 0.3) is 0 Å². The molecule has 88 valence electrons. The zero-order chi connectivity index (χ0) is 11.5. The van der Waals surface area contributed by atoms with E-state index < -0.39 is 0 Å². The van der Waals surface area contributed by atoms with Crippen molar-refractivity contribution in [3.63, 3.8) is 0 Å². The fourth-order valence-electron chi connectivity index (χ4n) is 2.53. The number of rotatable bonds is 3. The van der Waals surface area contributed by atoms with Crippen LogP contribution in [0.15, 0.2) is 0 Å². The number of aliphatic hydroxyl groups excluding tert-OH is 1. The Balaban J connectivity index is 2.56. The molecule has 15 heavy (non-hydrogen) atoms. The Morgan fingerprint density at radius 2 is 2.07 bits per heavy atom. The summed E-state index contributed by atoms with van der Waals surface area (Å²) < 4.78 is 5.01. The number of carbonyl (C=O) groups is 1. The highest BCUT2D eigenvalue weighted by molar-refractivity contribution is 5.73. The molecule has 0 spiro atoms. The first-order valence-electron chi connectivity index (χ1n) is 5.74. The summed E-state index contributed by atoms with van der Waals surface area (Å²) in [5.74, 6) is 0.335. The molecular weight excluding hydrogens is 192 g/mol. The normalized spacial score (nSPS) is 26.7. The third-order valence-corrected chi connectivity index (χ3v) is 3.27. The van der Waals surface area contributed by atoms with Gasteiger partial charge in [0.15, 0.2) is 0 Å². The van der Waals surface area contributed by atoms with Gasteiger partial charge in [0, 0.05) is 0 Å². The summed E-state index contributed by atoms with van der Waals surface area (Å²) in [7, 11) is 0. The molecule has 1 saturated carbocycles. The summed E-state index contributed by atoms with van der Waals surface area (Å²) >= 11 is 0. The van der Waals surface area contributed by atoms with E-state index in [1.165, 1.54) is 0 Å². The van der Waals surface area contributed by atoms with E-state index >= 15 is 0 Å². The predicted octanol–water partition coefficient (Wildman–Crippen LogP) is 1.98. The first-order chi connectivity index (χ1) is 6.96. The maximum absolute atomic E-state index is 11.7. The molecule has 3 heteroatoms. The molecule has 0 saturated heterocycles. The molecule has 2 atom stereocenters. The number of hydrogen-bond donors (Lipinski definition) is 1. The molecule has 1 N–H and O–H groups in total. The minimum atomic E-state index is -0.124. The Bertz CT molecular complexity index is 217. The minimum absolute atomic E-state index is 0.0385. The molecule has 1 fully saturated rings. The van der Waals surface area contributed by atoms with Crippen molar-refractivity contribution in [3.05, 3.63) is 0 Å². The van der Waals surface area contributed by atoms with Crippen molar-refractivity contribution in [1.82, 2.24) is 0 Å². The standard InChI is InChI=1S/C12H22O3/c1-12(2,3)10-6-4-5-9(10)11(14)15-8-7-13/h9-10,13H,4-8H2,1-3H3. The summed E-state index contributed by atoms with van der Waals surface area (Å²) in [5.41, 5.74) is 0.166. The van der Waals surface area contributed by atoms with Crippen LogP contribution in [0.1, 0.15) is 40.0 Å². The summed E-state index contributed by atoms with van der Waals surface area (Å²) in [4.78, 5) is 11.7. The van der Waals surface area contributed by atoms with E-state index in [0.29, 0.717) is 5.92 Å². The lowest BCUT2D eigenvalue weighted by Crippen LogP contribution is -2.30. The lowest BCUT2D eigenvalue weighted by molar-refractivity contribution is -0.152. The van der Waals surface area contributed by atoms with Gasteiger partial charge in [-0.15, -0.1) is 0 Å². The molecule has 0 aromatic carbocycles. The fourth-order valence-corrected chi connectivity index (χ4v) is 2.53. The van der Waals surface area contributed by atoms with Gasteiger partial charge in [-0.2, -0.15) is 0 Å². The van der Waals surface area contributed by atoms with Gasteiger partial charge in [-0.1, -0.05) is 27.2 Å². The fraction of sp³-hybridized carbons (Fsp3) is 0.917. The van der Waals surface area contributed by atoms with Gasteiger partial charge in [-0.3, -0.25) is 4.79 Å². The monoisotopic (exact) mass is 214 g/mol. The van der Waals surface area contributed by atoms with E-state index in [0.717, 1.165) is 19.3 Å². The Hall–Kier alpha value is -0.570. The average Bonchev–Trinajstić information content (AvgIpc) is 2.61. The third-order valence-electron chi connectivity index (χ3n) is 3.27. The van der Waals surface area contributed by atoms with Crippen LogP contribution in [0.3, 0.4) is 0 Å². The Morgan fingerprint density at radius 3 is 2.60 bits per heavy atom. The molecule has 2 unspecified atom stereocenters. The van der Waals surface area contributed by atoms with Crippen LogP contribution in [-0.2, 0) is 9.53 Å². The van der Waals surface area contributed by atoms with Gasteiger partial charge in [0.1, 0.15) is 6.61 Å². The van der Waals surface area contributed by atoms with Crippen molar-refractivity contribution >= 4 is 5.97 Å². The molecule has 1 aliphatic carbocycles. The molecule has 0 bridgehead atoms. The van der Waals surface area contributed by atoms with Gasteiger partial charge in [-0.25, -0.2) is 0 Å². The number of aliphatic hydroxyl groups is 1. The largest absolute Gasteiger partial charge is 0.463 e. The molecule has 0 amide bonds. The molecule has 0 heterocycles. The smallest absolute Gasteiger partial charge is 0.309 e. The van der Waals surface area contributed by atoms with Gasteiger partial charge in [0.05, 0.1) is 12.5 Å². The van der Waals surface area contributed by atoms with E-state index in [4.69, 9.17) is 9.84 Å². The second kappa shape index (κ2) is 4.97. The first-order valence-corrected chi connectivity index (χ1v) is 5.74. The quantitative estimate of drug-likeness (QED) is 0.731. The molecule has 1 aliphatic rings. The van der Waals surface area contributed by atoms with Crippen molar-refractivity contribution in [2.24, 2.45) is 17.3 Å². The number of esters is 1. The second-order valence-electron chi connectivity index (χ2n) is 5.40. The maximum Gasteiger partial charge on any atom is 0.309 e. The zero-order valence-corrected chi connectivity index (χ0v) is 9.95. The molecule has 3 nitrogen and oxygen atoms in total. The van der Waals surface area contributed by atoms with Crippen molar-refractivity contribution in [1.29, 1.82) is 0 Å². The van der Waals surface area contributed by atoms with Crippen molar-refractivity contribution < 1.29 is 14.6 Å². The van der Waals surface area contributed by atoms with Gasteiger partial charge in [-0.05, 0) is 24.2 Å². The molecule has 0 aliphatic heterocycles. The molecule has 0 aromatic heterocycles. The van der Waals surface area contributed by atoms with E-state index in [1.807, 2.05) is 0 Å². The third kappa shape index (κ3) is 3.20. The van der Waals surface area contributed by atoms with Crippen LogP contribution in [0, 0.1) is 17.3 Å². The average molecular weight is 214 g/mol. The first kappa shape index (κ1) is 12.5. The van der Waals surface area contributed by atoms with Gasteiger partial charge in [0.2, 0.25) is 0 Å². The van der Waals surface area contributed by atoms with E-state index in [1.54, 1.807) is 0 Å². The van der Waals surface area contributed by atoms with Gasteiger partial charge >= 0.3 is 5.97 Å². The highest BCUT2D eigenvalue weighted by Crippen LogP contribution is 2.43. The van der Waals surface area contributed by atoms with Gasteiger partial charge < -0.3 is 9.84 Å². The maximum atomic E-state index is 11.7. The topological polar surface area (TPSA) is 46.5 Å². The summed E-state index contributed by atoms with van der Waals surface area (Å²) in [6, 6.07) is 0. The van der Waals surface area contributed by atoms with Crippen molar-refractivity contribution in [2.75, 3.05) is 13.2 Å². The van der Waals surface area contributed by atoms with E-state index in [2.05, 4.69) is 20.8 Å². The van der Waals surface area contributed by atoms with Crippen LogP contribution in [0.2, 0.25) is 0 Å². The van der Waals surface area contributed by atoms with E-state index in [9.17, 15) is 4.79 Å². The molecule has 0 radical (unpaired) electrons. The molecule has 1 rings (SSSR count). The van der Waals surface area contributed by atoms with Crippen LogP contribution >= 0.6 is 0 Å². The van der Waals surface area contributed by atoms with Crippen LogP contribution in [0.5, 0.6) is 0 Å². The summed E-state index contributed by atoms with van der Waals surface area (Å²) in [5, 5.41) is 8.61. The second-order valence-corrected chi connectivity index (χ2v) is 5.40. The summed E-state index contributed by atoms with van der Waals surface area (Å²) in [6.07, 6.45) is 3.16. The van der Waals surface area contributed by atoms with Crippen molar-refractivity contribution in [2.45, 2.75) is 40.0 Å². The lowest BCUT2D eigenvalue weighted by atomic mass is 9.75. The number of hydrogen-bond acceptors (Lipinski definition) is 3. The van der Waals surface area contributed by atoms with Crippen molar-refractivity contribution in [3.8, 4) is 0 Å². The Kier molecular flexibility index (Phi) is 4.14. The SMILES string of the molecule is CC(C)(C)C1CCCC1C(=O)OCCO. The summed E-state index contributed by atoms with van der Waals surface area (Å²) in [6.45, 7) is 6.57.